The maximum absolute atomic E-state index is 13.1. The van der Waals surface area contributed by atoms with Crippen molar-refractivity contribution >= 4 is 16.9 Å². The fourth-order valence-corrected chi connectivity index (χ4v) is 4.04. The summed E-state index contributed by atoms with van der Waals surface area (Å²) in [5.74, 6) is 0.843. The third kappa shape index (κ3) is 3.11. The molecule has 0 spiro atoms. The number of rotatable bonds is 5. The van der Waals surface area contributed by atoms with Gasteiger partial charge in [0.05, 0.1) is 24.9 Å². The molecule has 1 aliphatic heterocycles. The molecule has 7 heteroatoms. The van der Waals surface area contributed by atoms with E-state index in [4.69, 9.17) is 15.6 Å². The minimum Gasteiger partial charge on any atom is -0.496 e. The Bertz CT molecular complexity index is 1010. The molecule has 4 rings (SSSR count). The standard InChI is InChI=1S/C21H25N5O2/c1-14-5-3-6-17(19(14)28-2)21(27)25-11-8-15(13-25)18-16-7-4-10-23-20(16)26(24-18)12-9-22/h3-7,10,15H,8-9,11-13,22H2,1-2H3/t15-/m0/s1. The van der Waals surface area contributed by atoms with Crippen LogP contribution in [-0.4, -0.2) is 52.3 Å². The van der Waals surface area contributed by atoms with Gasteiger partial charge in [-0.05, 0) is 37.1 Å². The van der Waals surface area contributed by atoms with E-state index < -0.39 is 0 Å². The second-order valence-corrected chi connectivity index (χ2v) is 7.16. The molecule has 2 N–H and O–H groups in total. The quantitative estimate of drug-likeness (QED) is 0.735. The van der Waals surface area contributed by atoms with Gasteiger partial charge in [0.25, 0.3) is 5.91 Å². The topological polar surface area (TPSA) is 86.3 Å². The SMILES string of the molecule is COc1c(C)cccc1C(=O)N1CC[C@H](c2nn(CCN)c3ncccc23)C1. The van der Waals surface area contributed by atoms with Crippen LogP contribution in [0.25, 0.3) is 11.0 Å². The highest BCUT2D eigenvalue weighted by Crippen LogP contribution is 2.33. The Hall–Kier alpha value is -2.93. The molecule has 1 aromatic carbocycles. The zero-order valence-electron chi connectivity index (χ0n) is 16.3. The molecular weight excluding hydrogens is 354 g/mol. The Morgan fingerprint density at radius 3 is 2.96 bits per heavy atom. The van der Waals surface area contributed by atoms with Gasteiger partial charge in [0.15, 0.2) is 5.65 Å². The molecule has 3 heterocycles. The molecule has 0 bridgehead atoms. The lowest BCUT2D eigenvalue weighted by molar-refractivity contribution is 0.0787. The van der Waals surface area contributed by atoms with Crippen LogP contribution in [0.1, 0.15) is 34.0 Å². The zero-order valence-corrected chi connectivity index (χ0v) is 16.3. The maximum atomic E-state index is 13.1. The first-order valence-corrected chi connectivity index (χ1v) is 9.58. The molecule has 3 aromatic rings. The van der Waals surface area contributed by atoms with Crippen molar-refractivity contribution in [3.63, 3.8) is 0 Å². The number of pyridine rings is 1. The molecule has 0 unspecified atom stereocenters. The molecule has 28 heavy (non-hydrogen) atoms. The van der Waals surface area contributed by atoms with Crippen LogP contribution in [0, 0.1) is 6.92 Å². The van der Waals surface area contributed by atoms with Gasteiger partial charge in [0.1, 0.15) is 5.75 Å². The fourth-order valence-electron chi connectivity index (χ4n) is 4.04. The second-order valence-electron chi connectivity index (χ2n) is 7.16. The molecule has 146 valence electrons. The Kier molecular flexibility index (Phi) is 5.00. The highest BCUT2D eigenvalue weighted by atomic mass is 16.5. The molecule has 0 saturated carbocycles. The number of fused-ring (bicyclic) bond motifs is 1. The molecule has 1 amide bonds. The van der Waals surface area contributed by atoms with E-state index in [-0.39, 0.29) is 11.8 Å². The number of carbonyl (C=O) groups is 1. The first-order chi connectivity index (χ1) is 13.6. The summed E-state index contributed by atoms with van der Waals surface area (Å²) in [6.45, 7) is 4.43. The lowest BCUT2D eigenvalue weighted by atomic mass is 10.0. The number of aromatic nitrogens is 3. The summed E-state index contributed by atoms with van der Waals surface area (Å²) < 4.78 is 7.35. The van der Waals surface area contributed by atoms with E-state index in [0.717, 1.165) is 28.7 Å². The number of nitrogens with two attached hydrogens (primary N) is 1. The Balaban J connectivity index is 1.61. The average molecular weight is 379 g/mol. The third-order valence-electron chi connectivity index (χ3n) is 5.39. The maximum Gasteiger partial charge on any atom is 0.257 e. The number of methoxy groups -OCH3 is 1. The van der Waals surface area contributed by atoms with E-state index in [1.165, 1.54) is 0 Å². The average Bonchev–Trinajstić information content (AvgIpc) is 3.33. The summed E-state index contributed by atoms with van der Waals surface area (Å²) in [4.78, 5) is 19.5. The van der Waals surface area contributed by atoms with Crippen LogP contribution in [0.5, 0.6) is 5.75 Å². The molecule has 0 aliphatic carbocycles. The lowest BCUT2D eigenvalue weighted by Gasteiger charge is -2.19. The van der Waals surface area contributed by atoms with Gasteiger partial charge in [-0.1, -0.05) is 12.1 Å². The number of para-hydroxylation sites is 1. The summed E-state index contributed by atoms with van der Waals surface area (Å²) in [5.41, 5.74) is 9.16. The first-order valence-electron chi connectivity index (χ1n) is 9.58. The number of likely N-dealkylation sites (tertiary alicyclic amines) is 1. The number of ether oxygens (including phenoxy) is 1. The summed E-state index contributed by atoms with van der Waals surface area (Å²) in [5, 5.41) is 5.83. The summed E-state index contributed by atoms with van der Waals surface area (Å²) in [7, 11) is 1.61. The van der Waals surface area contributed by atoms with Crippen molar-refractivity contribution in [2.75, 3.05) is 26.7 Å². The van der Waals surface area contributed by atoms with Crippen molar-refractivity contribution in [2.45, 2.75) is 25.8 Å². The number of benzene rings is 1. The summed E-state index contributed by atoms with van der Waals surface area (Å²) in [6.07, 6.45) is 2.65. The Morgan fingerprint density at radius 1 is 1.32 bits per heavy atom. The van der Waals surface area contributed by atoms with Gasteiger partial charge >= 0.3 is 0 Å². The summed E-state index contributed by atoms with van der Waals surface area (Å²) >= 11 is 0. The van der Waals surface area contributed by atoms with Crippen molar-refractivity contribution < 1.29 is 9.53 Å². The number of amides is 1. The number of nitrogens with zero attached hydrogens (tertiary/aromatic N) is 4. The van der Waals surface area contributed by atoms with Crippen LogP contribution in [0.4, 0.5) is 0 Å². The molecule has 1 fully saturated rings. The Morgan fingerprint density at radius 2 is 2.18 bits per heavy atom. The number of hydrogen-bond donors (Lipinski definition) is 1. The van der Waals surface area contributed by atoms with Gasteiger partial charge < -0.3 is 15.4 Å². The minimum absolute atomic E-state index is 0.00636. The van der Waals surface area contributed by atoms with Crippen LogP contribution in [-0.2, 0) is 6.54 Å². The molecule has 1 saturated heterocycles. The highest BCUT2D eigenvalue weighted by Gasteiger charge is 2.32. The van der Waals surface area contributed by atoms with Crippen molar-refractivity contribution in [1.82, 2.24) is 19.7 Å². The monoisotopic (exact) mass is 379 g/mol. The van der Waals surface area contributed by atoms with Gasteiger partial charge in [-0.25, -0.2) is 9.67 Å². The van der Waals surface area contributed by atoms with Gasteiger partial charge in [-0.15, -0.1) is 0 Å². The zero-order chi connectivity index (χ0) is 19.7. The van der Waals surface area contributed by atoms with Crippen molar-refractivity contribution in [3.05, 3.63) is 53.3 Å². The largest absolute Gasteiger partial charge is 0.496 e. The van der Waals surface area contributed by atoms with E-state index in [2.05, 4.69) is 4.98 Å². The van der Waals surface area contributed by atoms with Crippen LogP contribution >= 0.6 is 0 Å². The second kappa shape index (κ2) is 7.59. The van der Waals surface area contributed by atoms with Crippen LogP contribution < -0.4 is 10.5 Å². The normalized spacial score (nSPS) is 16.7. The summed E-state index contributed by atoms with van der Waals surface area (Å²) in [6, 6.07) is 9.65. The number of aryl methyl sites for hydroxylation is 1. The molecule has 1 atom stereocenters. The van der Waals surface area contributed by atoms with E-state index in [0.29, 0.717) is 37.5 Å². The van der Waals surface area contributed by atoms with E-state index in [1.54, 1.807) is 13.3 Å². The van der Waals surface area contributed by atoms with Crippen LogP contribution in [0.2, 0.25) is 0 Å². The Labute approximate surface area is 164 Å². The third-order valence-corrected chi connectivity index (χ3v) is 5.39. The van der Waals surface area contributed by atoms with E-state index in [1.807, 2.05) is 46.8 Å². The predicted octanol–water partition coefficient (Wildman–Crippen LogP) is 2.34. The number of carbonyl (C=O) groups excluding carboxylic acids is 1. The predicted molar refractivity (Wildman–Crippen MR) is 108 cm³/mol. The van der Waals surface area contributed by atoms with Crippen LogP contribution in [0.3, 0.4) is 0 Å². The van der Waals surface area contributed by atoms with Gasteiger partial charge in [0.2, 0.25) is 0 Å². The van der Waals surface area contributed by atoms with Crippen molar-refractivity contribution in [1.29, 1.82) is 0 Å². The molecule has 1 aliphatic rings. The van der Waals surface area contributed by atoms with Gasteiger partial charge in [0, 0.05) is 37.1 Å². The number of hydrogen-bond acceptors (Lipinski definition) is 5. The van der Waals surface area contributed by atoms with Crippen molar-refractivity contribution in [3.8, 4) is 5.75 Å². The highest BCUT2D eigenvalue weighted by molar-refractivity contribution is 5.97. The van der Waals surface area contributed by atoms with Gasteiger partial charge in [-0.2, -0.15) is 5.10 Å². The lowest BCUT2D eigenvalue weighted by Crippen LogP contribution is -2.29. The van der Waals surface area contributed by atoms with E-state index >= 15 is 0 Å². The minimum atomic E-state index is 0.00636. The smallest absolute Gasteiger partial charge is 0.257 e. The van der Waals surface area contributed by atoms with Crippen LogP contribution in [0.15, 0.2) is 36.5 Å². The molecule has 2 aromatic heterocycles. The first kappa shape index (κ1) is 18.4. The fraction of sp³-hybridized carbons (Fsp3) is 0.381. The van der Waals surface area contributed by atoms with E-state index in [9.17, 15) is 4.79 Å². The van der Waals surface area contributed by atoms with Crippen molar-refractivity contribution in [2.24, 2.45) is 5.73 Å². The molecule has 7 nitrogen and oxygen atoms in total. The molecule has 0 radical (unpaired) electrons. The molecular formula is C21H25N5O2. The van der Waals surface area contributed by atoms with Gasteiger partial charge in [-0.3, -0.25) is 4.79 Å².